The van der Waals surface area contributed by atoms with Crippen molar-refractivity contribution in [3.8, 4) is 0 Å². The smallest absolute Gasteiger partial charge is 0.147 e. The Balaban J connectivity index is 1.77. The van der Waals surface area contributed by atoms with Gasteiger partial charge in [0, 0.05) is 24.2 Å². The predicted molar refractivity (Wildman–Crippen MR) is 99.8 cm³/mol. The molecule has 0 amide bonds. The van der Waals surface area contributed by atoms with E-state index < -0.39 is 0 Å². The number of rotatable bonds is 3. The van der Waals surface area contributed by atoms with Crippen LogP contribution in [0.25, 0.3) is 0 Å². The lowest BCUT2D eigenvalue weighted by Crippen LogP contribution is -2.37. The number of aromatic nitrogens is 3. The molecule has 7 heteroatoms. The standard InChI is InChI=1S/C17H22ClN5S/c1-11-16(24-12-4-7-20-15(19)14(12)18)21-10-13(22-11)23-8-5-17(2,3)6-9-23/h4,7,10H,5-6,8-9H2,1-3H3,(H2,19,20). The van der Waals surface area contributed by atoms with Crippen molar-refractivity contribution in [2.45, 2.75) is 43.5 Å². The van der Waals surface area contributed by atoms with Crippen LogP contribution in [0.15, 0.2) is 28.4 Å². The molecule has 3 heterocycles. The number of anilines is 2. The first-order valence-corrected chi connectivity index (χ1v) is 9.22. The van der Waals surface area contributed by atoms with Gasteiger partial charge in [-0.3, -0.25) is 0 Å². The predicted octanol–water partition coefficient (Wildman–Crippen LogP) is 4.19. The van der Waals surface area contributed by atoms with Crippen LogP contribution in [-0.2, 0) is 0 Å². The molecule has 0 spiro atoms. The highest BCUT2D eigenvalue weighted by atomic mass is 35.5. The van der Waals surface area contributed by atoms with Crippen molar-refractivity contribution in [2.75, 3.05) is 23.7 Å². The fraction of sp³-hybridized carbons (Fsp3) is 0.471. The van der Waals surface area contributed by atoms with Gasteiger partial charge < -0.3 is 10.6 Å². The third-order valence-electron chi connectivity index (χ3n) is 4.42. The van der Waals surface area contributed by atoms with Crippen LogP contribution in [0.5, 0.6) is 0 Å². The Bertz CT molecular complexity index is 740. The van der Waals surface area contributed by atoms with E-state index in [1.165, 1.54) is 24.6 Å². The van der Waals surface area contributed by atoms with Crippen LogP contribution in [0.2, 0.25) is 5.02 Å². The summed E-state index contributed by atoms with van der Waals surface area (Å²) in [5, 5.41) is 1.30. The molecule has 1 aliphatic rings. The van der Waals surface area contributed by atoms with E-state index in [0.29, 0.717) is 16.3 Å². The topological polar surface area (TPSA) is 67.9 Å². The monoisotopic (exact) mass is 363 g/mol. The quantitative estimate of drug-likeness (QED) is 0.881. The molecule has 0 aromatic carbocycles. The molecule has 2 aromatic rings. The van der Waals surface area contributed by atoms with Crippen molar-refractivity contribution in [1.82, 2.24) is 15.0 Å². The van der Waals surface area contributed by atoms with E-state index in [9.17, 15) is 0 Å². The zero-order valence-electron chi connectivity index (χ0n) is 14.2. The van der Waals surface area contributed by atoms with Gasteiger partial charge in [0.1, 0.15) is 16.7 Å². The fourth-order valence-corrected chi connectivity index (χ4v) is 3.73. The maximum Gasteiger partial charge on any atom is 0.147 e. The molecule has 3 rings (SSSR count). The fourth-order valence-electron chi connectivity index (χ4n) is 2.68. The SMILES string of the molecule is Cc1nc(N2CCC(C)(C)CC2)cnc1Sc1ccnc(N)c1Cl. The van der Waals surface area contributed by atoms with Crippen LogP contribution in [0.4, 0.5) is 11.6 Å². The van der Waals surface area contributed by atoms with Crippen LogP contribution < -0.4 is 10.6 Å². The first-order chi connectivity index (χ1) is 11.4. The Labute approximate surface area is 152 Å². The van der Waals surface area contributed by atoms with Gasteiger partial charge in [0.05, 0.1) is 16.9 Å². The summed E-state index contributed by atoms with van der Waals surface area (Å²) >= 11 is 7.68. The molecule has 128 valence electrons. The molecule has 0 saturated carbocycles. The molecule has 0 bridgehead atoms. The number of hydrogen-bond acceptors (Lipinski definition) is 6. The normalized spacial score (nSPS) is 17.1. The Morgan fingerprint density at radius 1 is 1.25 bits per heavy atom. The van der Waals surface area contributed by atoms with E-state index in [2.05, 4.69) is 28.7 Å². The molecular formula is C17H22ClN5S. The number of nitrogens with zero attached hydrogens (tertiary/aromatic N) is 4. The number of nitrogens with two attached hydrogens (primary N) is 1. The number of piperidine rings is 1. The number of halogens is 1. The largest absolute Gasteiger partial charge is 0.382 e. The maximum atomic E-state index is 6.21. The molecule has 1 aliphatic heterocycles. The Morgan fingerprint density at radius 2 is 1.96 bits per heavy atom. The van der Waals surface area contributed by atoms with E-state index in [-0.39, 0.29) is 0 Å². The minimum Gasteiger partial charge on any atom is -0.382 e. The molecule has 0 unspecified atom stereocenters. The highest BCUT2D eigenvalue weighted by Crippen LogP contribution is 2.36. The molecule has 1 fully saturated rings. The minimum atomic E-state index is 0.333. The number of nitrogen functional groups attached to an aromatic ring is 1. The number of aryl methyl sites for hydroxylation is 1. The second-order valence-corrected chi connectivity index (χ2v) is 8.29. The zero-order valence-corrected chi connectivity index (χ0v) is 15.8. The Morgan fingerprint density at radius 3 is 2.62 bits per heavy atom. The molecule has 5 nitrogen and oxygen atoms in total. The van der Waals surface area contributed by atoms with Crippen LogP contribution in [0, 0.1) is 12.3 Å². The molecular weight excluding hydrogens is 342 g/mol. The lowest BCUT2D eigenvalue weighted by atomic mass is 9.83. The molecule has 1 saturated heterocycles. The maximum absolute atomic E-state index is 6.21. The van der Waals surface area contributed by atoms with Crippen molar-refractivity contribution >= 4 is 35.0 Å². The van der Waals surface area contributed by atoms with Gasteiger partial charge in [0.2, 0.25) is 0 Å². The van der Waals surface area contributed by atoms with Crippen LogP contribution >= 0.6 is 23.4 Å². The van der Waals surface area contributed by atoms with Crippen molar-refractivity contribution in [3.63, 3.8) is 0 Å². The number of hydrogen-bond donors (Lipinski definition) is 1. The first kappa shape index (κ1) is 17.3. The van der Waals surface area contributed by atoms with Gasteiger partial charge in [-0.1, -0.05) is 37.2 Å². The summed E-state index contributed by atoms with van der Waals surface area (Å²) in [6, 6.07) is 1.84. The van der Waals surface area contributed by atoms with Gasteiger partial charge in [-0.05, 0) is 31.2 Å². The summed E-state index contributed by atoms with van der Waals surface area (Å²) < 4.78 is 0. The molecule has 0 radical (unpaired) electrons. The lowest BCUT2D eigenvalue weighted by Gasteiger charge is -2.37. The van der Waals surface area contributed by atoms with E-state index in [0.717, 1.165) is 34.5 Å². The molecule has 2 aromatic heterocycles. The minimum absolute atomic E-state index is 0.333. The van der Waals surface area contributed by atoms with Crippen LogP contribution in [-0.4, -0.2) is 28.0 Å². The summed E-state index contributed by atoms with van der Waals surface area (Å²) in [7, 11) is 0. The van der Waals surface area contributed by atoms with E-state index >= 15 is 0 Å². The van der Waals surface area contributed by atoms with Gasteiger partial charge in [0.15, 0.2) is 0 Å². The lowest BCUT2D eigenvalue weighted by molar-refractivity contribution is 0.279. The average molecular weight is 364 g/mol. The summed E-state index contributed by atoms with van der Waals surface area (Å²) in [5.74, 6) is 1.28. The summed E-state index contributed by atoms with van der Waals surface area (Å²) in [6.07, 6.45) is 5.86. The average Bonchev–Trinajstić information content (AvgIpc) is 2.53. The Kier molecular flexibility index (Phi) is 4.88. The summed E-state index contributed by atoms with van der Waals surface area (Å²) in [4.78, 5) is 16.5. The van der Waals surface area contributed by atoms with Gasteiger partial charge in [-0.25, -0.2) is 15.0 Å². The van der Waals surface area contributed by atoms with Gasteiger partial charge >= 0.3 is 0 Å². The Hall–Kier alpha value is -1.53. The van der Waals surface area contributed by atoms with E-state index in [1.54, 1.807) is 6.20 Å². The first-order valence-electron chi connectivity index (χ1n) is 8.02. The number of pyridine rings is 1. The van der Waals surface area contributed by atoms with Gasteiger partial charge in [0.25, 0.3) is 0 Å². The highest BCUT2D eigenvalue weighted by Gasteiger charge is 2.26. The summed E-state index contributed by atoms with van der Waals surface area (Å²) in [6.45, 7) is 8.68. The zero-order chi connectivity index (χ0) is 17.3. The van der Waals surface area contributed by atoms with E-state index in [4.69, 9.17) is 22.3 Å². The molecule has 24 heavy (non-hydrogen) atoms. The van der Waals surface area contributed by atoms with Gasteiger partial charge in [-0.2, -0.15) is 0 Å². The molecule has 2 N–H and O–H groups in total. The van der Waals surface area contributed by atoms with Crippen molar-refractivity contribution in [3.05, 3.63) is 29.2 Å². The third kappa shape index (κ3) is 3.75. The second-order valence-electron chi connectivity index (χ2n) is 6.88. The van der Waals surface area contributed by atoms with E-state index in [1.807, 2.05) is 19.2 Å². The highest BCUT2D eigenvalue weighted by molar-refractivity contribution is 7.99. The summed E-state index contributed by atoms with van der Waals surface area (Å²) in [5.41, 5.74) is 7.08. The van der Waals surface area contributed by atoms with Crippen LogP contribution in [0.3, 0.4) is 0 Å². The molecule has 0 aliphatic carbocycles. The van der Waals surface area contributed by atoms with Gasteiger partial charge in [-0.15, -0.1) is 0 Å². The van der Waals surface area contributed by atoms with Crippen molar-refractivity contribution < 1.29 is 0 Å². The van der Waals surface area contributed by atoms with Crippen molar-refractivity contribution in [1.29, 1.82) is 0 Å². The molecule has 0 atom stereocenters. The second kappa shape index (κ2) is 6.76. The third-order valence-corrected chi connectivity index (χ3v) is 6.08. The van der Waals surface area contributed by atoms with Crippen molar-refractivity contribution in [2.24, 2.45) is 5.41 Å². The van der Waals surface area contributed by atoms with Crippen LogP contribution in [0.1, 0.15) is 32.4 Å².